The summed E-state index contributed by atoms with van der Waals surface area (Å²) in [5.74, 6) is -0.534. The predicted molar refractivity (Wildman–Crippen MR) is 53.0 cm³/mol. The summed E-state index contributed by atoms with van der Waals surface area (Å²) in [5, 5.41) is 1.09. The molecule has 3 nitrogen and oxygen atoms in total. The molecule has 0 aromatic heterocycles. The van der Waals surface area contributed by atoms with Crippen molar-refractivity contribution in [1.82, 2.24) is 5.06 Å². The minimum absolute atomic E-state index is 0.0123. The summed E-state index contributed by atoms with van der Waals surface area (Å²) in [6.07, 6.45) is -3.74. The third-order valence-electron chi connectivity index (χ3n) is 2.42. The van der Waals surface area contributed by atoms with E-state index in [9.17, 15) is 18.0 Å². The topological polar surface area (TPSA) is 29.5 Å². The molecule has 1 aromatic carbocycles. The number of halogens is 3. The van der Waals surface area contributed by atoms with Crippen LogP contribution in [0.4, 0.5) is 13.2 Å². The molecule has 1 aromatic rings. The number of benzene rings is 1. The number of amides is 1. The minimum Gasteiger partial charge on any atom is -0.271 e. The van der Waals surface area contributed by atoms with Crippen LogP contribution in [0.3, 0.4) is 0 Å². The van der Waals surface area contributed by atoms with Gasteiger partial charge in [-0.15, -0.1) is 0 Å². The van der Waals surface area contributed by atoms with Crippen molar-refractivity contribution in [3.63, 3.8) is 0 Å². The van der Waals surface area contributed by atoms with Crippen molar-refractivity contribution in [1.29, 1.82) is 0 Å². The van der Waals surface area contributed by atoms with Gasteiger partial charge in [0.25, 0.3) is 5.91 Å². The van der Waals surface area contributed by atoms with Gasteiger partial charge < -0.3 is 0 Å². The lowest BCUT2D eigenvalue weighted by molar-refractivity contribution is -0.137. The fourth-order valence-electron chi connectivity index (χ4n) is 1.58. The Bertz CT molecular complexity index is 425. The van der Waals surface area contributed by atoms with Gasteiger partial charge in [0.1, 0.15) is 0 Å². The fraction of sp³-hybridized carbons (Fsp3) is 0.364. The van der Waals surface area contributed by atoms with Gasteiger partial charge in [0, 0.05) is 5.56 Å². The smallest absolute Gasteiger partial charge is 0.271 e. The van der Waals surface area contributed by atoms with Crippen LogP contribution in [0, 0.1) is 0 Å². The molecular formula is C11H10F3NO2. The number of rotatable bonds is 1. The standard InChI is InChI=1S/C11H10F3NO2/c12-11(13,14)9-4-1-3-8(7-9)10(16)15-5-2-6-17-15/h1,3-4,7H,2,5-6H2. The van der Waals surface area contributed by atoms with Gasteiger partial charge in [0.05, 0.1) is 18.7 Å². The molecule has 0 bridgehead atoms. The average Bonchev–Trinajstić information content (AvgIpc) is 2.80. The lowest BCUT2D eigenvalue weighted by atomic mass is 10.1. The van der Waals surface area contributed by atoms with E-state index in [1.165, 1.54) is 12.1 Å². The molecule has 6 heteroatoms. The second-order valence-corrected chi connectivity index (χ2v) is 3.67. The van der Waals surface area contributed by atoms with Crippen LogP contribution < -0.4 is 0 Å². The SMILES string of the molecule is O=C(c1cccc(C(F)(F)F)c1)N1CCCO1. The van der Waals surface area contributed by atoms with Crippen molar-refractivity contribution in [2.75, 3.05) is 13.2 Å². The van der Waals surface area contributed by atoms with Gasteiger partial charge in [-0.25, -0.2) is 5.06 Å². The third-order valence-corrected chi connectivity index (χ3v) is 2.42. The van der Waals surface area contributed by atoms with E-state index in [0.29, 0.717) is 19.6 Å². The number of hydrogen-bond donors (Lipinski definition) is 0. The Labute approximate surface area is 95.7 Å². The summed E-state index contributed by atoms with van der Waals surface area (Å²) in [4.78, 5) is 16.8. The molecule has 2 rings (SSSR count). The van der Waals surface area contributed by atoms with Crippen LogP contribution in [-0.2, 0) is 11.0 Å². The van der Waals surface area contributed by atoms with E-state index in [-0.39, 0.29) is 5.56 Å². The molecule has 92 valence electrons. The number of carbonyl (C=O) groups excluding carboxylic acids is 1. The summed E-state index contributed by atoms with van der Waals surface area (Å²) < 4.78 is 37.4. The normalized spacial score (nSPS) is 16.3. The van der Waals surface area contributed by atoms with Crippen LogP contribution in [-0.4, -0.2) is 24.1 Å². The van der Waals surface area contributed by atoms with E-state index in [1.807, 2.05) is 0 Å². The molecule has 1 aliphatic rings. The molecule has 17 heavy (non-hydrogen) atoms. The van der Waals surface area contributed by atoms with Crippen molar-refractivity contribution in [2.45, 2.75) is 12.6 Å². The molecule has 1 aliphatic heterocycles. The van der Waals surface area contributed by atoms with Gasteiger partial charge in [0.15, 0.2) is 0 Å². The highest BCUT2D eigenvalue weighted by molar-refractivity contribution is 5.93. The van der Waals surface area contributed by atoms with Crippen molar-refractivity contribution >= 4 is 5.91 Å². The van der Waals surface area contributed by atoms with Crippen LogP contribution in [0.2, 0.25) is 0 Å². The maximum absolute atomic E-state index is 12.5. The minimum atomic E-state index is -4.44. The van der Waals surface area contributed by atoms with Gasteiger partial charge in [-0.2, -0.15) is 13.2 Å². The first-order valence-corrected chi connectivity index (χ1v) is 5.10. The fourth-order valence-corrected chi connectivity index (χ4v) is 1.58. The zero-order valence-corrected chi connectivity index (χ0v) is 8.83. The van der Waals surface area contributed by atoms with E-state index in [0.717, 1.165) is 17.2 Å². The highest BCUT2D eigenvalue weighted by atomic mass is 19.4. The quantitative estimate of drug-likeness (QED) is 0.760. The van der Waals surface area contributed by atoms with Crippen LogP contribution in [0.5, 0.6) is 0 Å². The average molecular weight is 245 g/mol. The van der Waals surface area contributed by atoms with Crippen molar-refractivity contribution in [2.24, 2.45) is 0 Å². The second kappa shape index (κ2) is 4.37. The van der Waals surface area contributed by atoms with E-state index in [1.54, 1.807) is 0 Å². The second-order valence-electron chi connectivity index (χ2n) is 3.67. The van der Waals surface area contributed by atoms with Crippen molar-refractivity contribution in [3.8, 4) is 0 Å². The predicted octanol–water partition coefficient (Wildman–Crippen LogP) is 2.48. The first kappa shape index (κ1) is 11.9. The van der Waals surface area contributed by atoms with Crippen molar-refractivity contribution < 1.29 is 22.8 Å². The third kappa shape index (κ3) is 2.58. The number of hydroxylamine groups is 2. The molecule has 0 N–H and O–H groups in total. The Morgan fingerprint density at radius 1 is 1.35 bits per heavy atom. The number of nitrogens with zero attached hydrogens (tertiary/aromatic N) is 1. The first-order chi connectivity index (χ1) is 7.98. The molecular weight excluding hydrogens is 235 g/mol. The van der Waals surface area contributed by atoms with Crippen molar-refractivity contribution in [3.05, 3.63) is 35.4 Å². The highest BCUT2D eigenvalue weighted by Gasteiger charge is 2.31. The van der Waals surface area contributed by atoms with E-state index in [2.05, 4.69) is 0 Å². The maximum atomic E-state index is 12.5. The largest absolute Gasteiger partial charge is 0.416 e. The Kier molecular flexibility index (Phi) is 3.06. The number of carbonyl (C=O) groups is 1. The molecule has 0 unspecified atom stereocenters. The summed E-state index contributed by atoms with van der Waals surface area (Å²) in [7, 11) is 0. The molecule has 1 saturated heterocycles. The molecule has 1 heterocycles. The zero-order chi connectivity index (χ0) is 12.5. The van der Waals surface area contributed by atoms with Crippen LogP contribution in [0.15, 0.2) is 24.3 Å². The van der Waals surface area contributed by atoms with Crippen LogP contribution in [0.25, 0.3) is 0 Å². The van der Waals surface area contributed by atoms with Gasteiger partial charge in [-0.1, -0.05) is 6.07 Å². The Hall–Kier alpha value is -1.56. The lowest BCUT2D eigenvalue weighted by Crippen LogP contribution is -2.26. The first-order valence-electron chi connectivity index (χ1n) is 5.10. The van der Waals surface area contributed by atoms with E-state index < -0.39 is 17.6 Å². The molecule has 0 saturated carbocycles. The summed E-state index contributed by atoms with van der Waals surface area (Å²) in [6.45, 7) is 0.833. The number of hydrogen-bond acceptors (Lipinski definition) is 2. The number of alkyl halides is 3. The lowest BCUT2D eigenvalue weighted by Gasteiger charge is -2.14. The van der Waals surface area contributed by atoms with Crippen LogP contribution in [0.1, 0.15) is 22.3 Å². The van der Waals surface area contributed by atoms with Gasteiger partial charge in [-0.05, 0) is 24.6 Å². The molecule has 0 atom stereocenters. The summed E-state index contributed by atoms with van der Waals surface area (Å²) in [6, 6.07) is 4.33. The highest BCUT2D eigenvalue weighted by Crippen LogP contribution is 2.29. The Balaban J connectivity index is 2.24. The monoisotopic (exact) mass is 245 g/mol. The van der Waals surface area contributed by atoms with E-state index >= 15 is 0 Å². The Morgan fingerprint density at radius 2 is 2.12 bits per heavy atom. The molecule has 0 aliphatic carbocycles. The molecule has 1 fully saturated rings. The molecule has 0 radical (unpaired) electrons. The van der Waals surface area contributed by atoms with Gasteiger partial charge in [0.2, 0.25) is 0 Å². The Morgan fingerprint density at radius 3 is 2.71 bits per heavy atom. The van der Waals surface area contributed by atoms with Crippen LogP contribution >= 0.6 is 0 Å². The van der Waals surface area contributed by atoms with Gasteiger partial charge in [-0.3, -0.25) is 9.63 Å². The van der Waals surface area contributed by atoms with Gasteiger partial charge >= 0.3 is 6.18 Å². The maximum Gasteiger partial charge on any atom is 0.416 e. The molecule has 0 spiro atoms. The van der Waals surface area contributed by atoms with E-state index in [4.69, 9.17) is 4.84 Å². The molecule has 1 amide bonds. The summed E-state index contributed by atoms with van der Waals surface area (Å²) >= 11 is 0. The summed E-state index contributed by atoms with van der Waals surface area (Å²) in [5.41, 5.74) is -0.843. The zero-order valence-electron chi connectivity index (χ0n) is 8.83.